The maximum atomic E-state index is 11.7. The summed E-state index contributed by atoms with van der Waals surface area (Å²) in [6.45, 7) is 10.0. The Balaban J connectivity index is 1.77. The summed E-state index contributed by atoms with van der Waals surface area (Å²) in [6.07, 6.45) is 2.02. The van der Waals surface area contributed by atoms with Crippen molar-refractivity contribution in [3.05, 3.63) is 51.9 Å². The third-order valence-electron chi connectivity index (χ3n) is 6.35. The van der Waals surface area contributed by atoms with Gasteiger partial charge in [-0.3, -0.25) is 0 Å². The Kier molecular flexibility index (Phi) is 6.32. The number of nitriles is 1. The van der Waals surface area contributed by atoms with Crippen LogP contribution in [0.3, 0.4) is 0 Å². The lowest BCUT2D eigenvalue weighted by atomic mass is 9.82. The zero-order chi connectivity index (χ0) is 24.6. The molecular formula is C25H27ClN6O2. The molecule has 1 fully saturated rings. The summed E-state index contributed by atoms with van der Waals surface area (Å²) in [4.78, 5) is 27.4. The number of anilines is 2. The second-order valence-corrected chi connectivity index (χ2v) is 9.97. The summed E-state index contributed by atoms with van der Waals surface area (Å²) in [5.74, 6) is -0.567. The molecule has 8 nitrogen and oxygen atoms in total. The van der Waals surface area contributed by atoms with Gasteiger partial charge in [-0.05, 0) is 55.9 Å². The van der Waals surface area contributed by atoms with E-state index in [1.807, 2.05) is 26.0 Å². The summed E-state index contributed by atoms with van der Waals surface area (Å²) in [5, 5.41) is 22.7. The second-order valence-electron chi connectivity index (χ2n) is 9.58. The van der Waals surface area contributed by atoms with Crippen LogP contribution in [-0.4, -0.2) is 39.1 Å². The fraction of sp³-hybridized carbons (Fsp3) is 0.400. The van der Waals surface area contributed by atoms with Crippen molar-refractivity contribution in [3.8, 4) is 6.07 Å². The fourth-order valence-corrected chi connectivity index (χ4v) is 4.45. The molecule has 1 saturated heterocycles. The standard InChI is InChI=1S/C25H27ClN6O2/c1-14-11-16(15(2)28-17-5-6-20(26)30-22(17)24(33)34)21-18(12-14)29-19(13-27)23(31-21)32-9-7-25(3,4)8-10-32/h5-6,11-12,15,28H,7-10H2,1-4H3,(H,33,34). The number of halogens is 1. The molecule has 4 rings (SSSR count). The highest BCUT2D eigenvalue weighted by atomic mass is 35.5. The average molecular weight is 479 g/mol. The lowest BCUT2D eigenvalue weighted by molar-refractivity contribution is 0.0691. The van der Waals surface area contributed by atoms with E-state index in [2.05, 4.69) is 40.1 Å². The number of pyridine rings is 1. The van der Waals surface area contributed by atoms with Crippen molar-refractivity contribution in [1.29, 1.82) is 5.26 Å². The molecule has 3 heterocycles. The third kappa shape index (κ3) is 4.75. The van der Waals surface area contributed by atoms with Gasteiger partial charge in [0.2, 0.25) is 0 Å². The van der Waals surface area contributed by atoms with Gasteiger partial charge in [0, 0.05) is 18.7 Å². The van der Waals surface area contributed by atoms with Gasteiger partial charge in [-0.1, -0.05) is 31.5 Å². The Morgan fingerprint density at radius 3 is 2.59 bits per heavy atom. The Hall–Kier alpha value is -3.44. The van der Waals surface area contributed by atoms with Gasteiger partial charge in [0.25, 0.3) is 0 Å². The maximum Gasteiger partial charge on any atom is 0.356 e. The SMILES string of the molecule is Cc1cc(C(C)Nc2ccc(Cl)nc2C(=O)O)c2nc(N3CCC(C)(C)CC3)c(C#N)nc2c1. The molecule has 34 heavy (non-hydrogen) atoms. The zero-order valence-electron chi connectivity index (χ0n) is 19.7. The molecule has 0 aliphatic carbocycles. The number of aromatic nitrogens is 3. The van der Waals surface area contributed by atoms with E-state index in [1.54, 1.807) is 12.1 Å². The number of fused-ring (bicyclic) bond motifs is 1. The number of piperidine rings is 1. The number of nitrogens with zero attached hydrogens (tertiary/aromatic N) is 5. The van der Waals surface area contributed by atoms with Gasteiger partial charge in [-0.25, -0.2) is 19.7 Å². The van der Waals surface area contributed by atoms with Crippen LogP contribution in [0.25, 0.3) is 11.0 Å². The number of nitrogens with one attached hydrogen (secondary N) is 1. The fourth-order valence-electron chi connectivity index (χ4n) is 4.30. The molecule has 0 bridgehead atoms. The van der Waals surface area contributed by atoms with Crippen LogP contribution in [0.1, 0.15) is 67.0 Å². The minimum atomic E-state index is -1.17. The van der Waals surface area contributed by atoms with Gasteiger partial charge in [-0.2, -0.15) is 5.26 Å². The summed E-state index contributed by atoms with van der Waals surface area (Å²) < 4.78 is 0. The largest absolute Gasteiger partial charge is 0.476 e. The first-order valence-electron chi connectivity index (χ1n) is 11.2. The molecule has 0 radical (unpaired) electrons. The molecule has 176 valence electrons. The van der Waals surface area contributed by atoms with Gasteiger partial charge >= 0.3 is 5.97 Å². The molecule has 2 aromatic heterocycles. The predicted molar refractivity (Wildman–Crippen MR) is 132 cm³/mol. The molecule has 1 aromatic carbocycles. The van der Waals surface area contributed by atoms with Crippen LogP contribution in [-0.2, 0) is 0 Å². The highest BCUT2D eigenvalue weighted by Gasteiger charge is 2.28. The number of carbonyl (C=O) groups is 1. The quantitative estimate of drug-likeness (QED) is 0.471. The normalized spacial score (nSPS) is 16.2. The predicted octanol–water partition coefficient (Wildman–Crippen LogP) is 5.36. The summed E-state index contributed by atoms with van der Waals surface area (Å²) >= 11 is 5.90. The number of aryl methyl sites for hydroxylation is 1. The van der Waals surface area contributed by atoms with Crippen molar-refractivity contribution in [3.63, 3.8) is 0 Å². The van der Waals surface area contributed by atoms with Crippen LogP contribution in [0.4, 0.5) is 11.5 Å². The van der Waals surface area contributed by atoms with Crippen LogP contribution < -0.4 is 10.2 Å². The Morgan fingerprint density at radius 1 is 1.24 bits per heavy atom. The Labute approximate surface area is 203 Å². The van der Waals surface area contributed by atoms with Crippen LogP contribution in [0.5, 0.6) is 0 Å². The van der Waals surface area contributed by atoms with Crippen LogP contribution >= 0.6 is 11.6 Å². The van der Waals surface area contributed by atoms with Crippen molar-refractivity contribution in [1.82, 2.24) is 15.0 Å². The van der Waals surface area contributed by atoms with Crippen LogP contribution in [0.2, 0.25) is 5.15 Å². The topological polar surface area (TPSA) is 115 Å². The average Bonchev–Trinajstić information content (AvgIpc) is 2.78. The number of hydrogen-bond donors (Lipinski definition) is 2. The molecule has 1 aliphatic rings. The zero-order valence-corrected chi connectivity index (χ0v) is 20.4. The molecule has 1 unspecified atom stereocenters. The number of carboxylic acid groups (broad SMARTS) is 1. The van der Waals surface area contributed by atoms with E-state index in [0.717, 1.165) is 37.1 Å². The van der Waals surface area contributed by atoms with E-state index in [0.29, 0.717) is 28.2 Å². The lowest BCUT2D eigenvalue weighted by Crippen LogP contribution is -2.38. The Bertz CT molecular complexity index is 1310. The van der Waals surface area contributed by atoms with Gasteiger partial charge in [0.05, 0.1) is 22.8 Å². The molecule has 9 heteroatoms. The number of hydrogen-bond acceptors (Lipinski definition) is 7. The van der Waals surface area contributed by atoms with E-state index in [4.69, 9.17) is 16.6 Å². The minimum absolute atomic E-state index is 0.112. The molecule has 3 aromatic rings. The van der Waals surface area contributed by atoms with Crippen molar-refractivity contribution in [2.45, 2.75) is 46.6 Å². The van der Waals surface area contributed by atoms with Crippen molar-refractivity contribution < 1.29 is 9.90 Å². The molecule has 0 saturated carbocycles. The van der Waals surface area contributed by atoms with Crippen molar-refractivity contribution in [2.75, 3.05) is 23.3 Å². The van der Waals surface area contributed by atoms with Gasteiger partial charge in [0.15, 0.2) is 17.2 Å². The van der Waals surface area contributed by atoms with Gasteiger partial charge in [0.1, 0.15) is 11.2 Å². The Morgan fingerprint density at radius 2 is 1.94 bits per heavy atom. The van der Waals surface area contributed by atoms with E-state index in [1.165, 1.54) is 0 Å². The molecule has 2 N–H and O–H groups in total. The monoisotopic (exact) mass is 478 g/mol. The van der Waals surface area contributed by atoms with E-state index < -0.39 is 5.97 Å². The molecule has 0 amide bonds. The molecule has 1 atom stereocenters. The summed E-state index contributed by atoms with van der Waals surface area (Å²) in [5.41, 5.74) is 3.94. The van der Waals surface area contributed by atoms with Gasteiger partial charge in [-0.15, -0.1) is 0 Å². The number of aromatic carboxylic acids is 1. The molecular weight excluding hydrogens is 452 g/mol. The lowest BCUT2D eigenvalue weighted by Gasteiger charge is -2.37. The first-order chi connectivity index (χ1) is 16.1. The number of carboxylic acids is 1. The highest BCUT2D eigenvalue weighted by Crippen LogP contribution is 2.34. The number of benzene rings is 1. The van der Waals surface area contributed by atoms with E-state index in [-0.39, 0.29) is 22.3 Å². The highest BCUT2D eigenvalue weighted by molar-refractivity contribution is 6.29. The van der Waals surface area contributed by atoms with Gasteiger partial charge < -0.3 is 15.3 Å². The van der Waals surface area contributed by atoms with Crippen molar-refractivity contribution in [2.24, 2.45) is 5.41 Å². The van der Waals surface area contributed by atoms with Crippen molar-refractivity contribution >= 4 is 40.1 Å². The first-order valence-corrected chi connectivity index (χ1v) is 11.6. The molecule has 1 aliphatic heterocycles. The first kappa shape index (κ1) is 23.7. The van der Waals surface area contributed by atoms with Crippen LogP contribution in [0.15, 0.2) is 24.3 Å². The minimum Gasteiger partial charge on any atom is -0.476 e. The maximum absolute atomic E-state index is 11.7. The van der Waals surface area contributed by atoms with E-state index >= 15 is 0 Å². The third-order valence-corrected chi connectivity index (χ3v) is 6.56. The number of rotatable bonds is 5. The molecule has 0 spiro atoms. The van der Waals surface area contributed by atoms with Crippen LogP contribution in [0, 0.1) is 23.7 Å². The van der Waals surface area contributed by atoms with E-state index in [9.17, 15) is 15.2 Å². The smallest absolute Gasteiger partial charge is 0.356 e. The summed E-state index contributed by atoms with van der Waals surface area (Å²) in [6, 6.07) is 8.99. The summed E-state index contributed by atoms with van der Waals surface area (Å²) in [7, 11) is 0. The second kappa shape index (κ2) is 9.07.